The van der Waals surface area contributed by atoms with Gasteiger partial charge < -0.3 is 19.1 Å². The average Bonchev–Trinajstić information content (AvgIpc) is 2.62. The summed E-state index contributed by atoms with van der Waals surface area (Å²) in [5, 5.41) is 0. The van der Waals surface area contributed by atoms with E-state index in [0.717, 1.165) is 51.1 Å². The van der Waals surface area contributed by atoms with Crippen molar-refractivity contribution >= 4 is 6.09 Å². The van der Waals surface area contributed by atoms with Crippen molar-refractivity contribution in [1.82, 2.24) is 9.88 Å². The van der Waals surface area contributed by atoms with Gasteiger partial charge in [0.2, 0.25) is 0 Å². The van der Waals surface area contributed by atoms with Crippen LogP contribution in [0.2, 0.25) is 0 Å². The number of pyridine rings is 1. The maximum Gasteiger partial charge on any atom is 0.410 e. The van der Waals surface area contributed by atoms with Crippen molar-refractivity contribution in [2.24, 2.45) is 5.92 Å². The number of nitrogens with zero attached hydrogens (tertiary/aromatic N) is 2. The molecule has 0 aromatic carbocycles. The molecule has 150 valence electrons. The zero-order valence-corrected chi connectivity index (χ0v) is 16.8. The molecule has 3 heterocycles. The molecule has 0 N–H and O–H groups in total. The molecule has 0 aliphatic carbocycles. The second-order valence-electron chi connectivity index (χ2n) is 8.68. The van der Waals surface area contributed by atoms with E-state index in [4.69, 9.17) is 14.2 Å². The van der Waals surface area contributed by atoms with Gasteiger partial charge in [0, 0.05) is 32.1 Å². The number of amides is 1. The van der Waals surface area contributed by atoms with Gasteiger partial charge in [0.15, 0.2) is 0 Å². The van der Waals surface area contributed by atoms with Gasteiger partial charge in [-0.3, -0.25) is 4.98 Å². The van der Waals surface area contributed by atoms with Crippen molar-refractivity contribution in [3.63, 3.8) is 0 Å². The molecule has 0 bridgehead atoms. The van der Waals surface area contributed by atoms with E-state index >= 15 is 0 Å². The van der Waals surface area contributed by atoms with Crippen LogP contribution in [0.1, 0.15) is 52.9 Å². The number of carbonyl (C=O) groups is 1. The Kier molecular flexibility index (Phi) is 6.25. The molecule has 3 rings (SSSR count). The second-order valence-corrected chi connectivity index (χ2v) is 8.68. The quantitative estimate of drug-likeness (QED) is 0.793. The van der Waals surface area contributed by atoms with Gasteiger partial charge in [-0.15, -0.1) is 0 Å². The van der Waals surface area contributed by atoms with E-state index in [1.54, 1.807) is 12.4 Å². The molecule has 2 aliphatic rings. The summed E-state index contributed by atoms with van der Waals surface area (Å²) in [5.41, 5.74) is -0.536. The summed E-state index contributed by atoms with van der Waals surface area (Å²) in [6.07, 6.45) is 8.21. The number of hydrogen-bond acceptors (Lipinski definition) is 5. The summed E-state index contributed by atoms with van der Waals surface area (Å²) in [6, 6.07) is 3.77. The highest BCUT2D eigenvalue weighted by Crippen LogP contribution is 2.39. The van der Waals surface area contributed by atoms with E-state index in [0.29, 0.717) is 19.0 Å². The molecule has 27 heavy (non-hydrogen) atoms. The van der Waals surface area contributed by atoms with Gasteiger partial charge in [-0.05, 0) is 70.9 Å². The van der Waals surface area contributed by atoms with Crippen LogP contribution in [0.3, 0.4) is 0 Å². The monoisotopic (exact) mass is 376 g/mol. The molecule has 2 fully saturated rings. The number of piperidine rings is 1. The largest absolute Gasteiger partial charge is 0.493 e. The van der Waals surface area contributed by atoms with Crippen LogP contribution >= 0.6 is 0 Å². The van der Waals surface area contributed by atoms with E-state index in [1.165, 1.54) is 0 Å². The number of carbonyl (C=O) groups excluding carboxylic acids is 1. The van der Waals surface area contributed by atoms with Gasteiger partial charge >= 0.3 is 6.09 Å². The highest BCUT2D eigenvalue weighted by molar-refractivity contribution is 5.68. The van der Waals surface area contributed by atoms with Crippen LogP contribution < -0.4 is 4.74 Å². The standard InChI is InChI=1S/C21H32N2O4/c1-20(2,3)27-19(24)23-12-8-21(9-13-23)16-17(7-15-26-21)6-14-25-18-4-10-22-11-5-18/h4-5,10-11,17H,6-9,12-16H2,1-3H3. The Morgan fingerprint density at radius 2 is 2.00 bits per heavy atom. The number of rotatable bonds is 4. The Labute approximate surface area is 162 Å². The SMILES string of the molecule is CC(C)(C)OC(=O)N1CCC2(CC1)CC(CCOc1ccncc1)CCO2. The van der Waals surface area contributed by atoms with Crippen LogP contribution in [0.15, 0.2) is 24.5 Å². The fraction of sp³-hybridized carbons (Fsp3) is 0.714. The number of aromatic nitrogens is 1. The molecule has 0 radical (unpaired) electrons. The lowest BCUT2D eigenvalue weighted by Crippen LogP contribution is -2.51. The first-order chi connectivity index (χ1) is 12.9. The molecular formula is C21H32N2O4. The van der Waals surface area contributed by atoms with Crippen molar-refractivity contribution in [2.45, 2.75) is 64.1 Å². The number of hydrogen-bond donors (Lipinski definition) is 0. The van der Waals surface area contributed by atoms with Gasteiger partial charge in [-0.25, -0.2) is 4.79 Å². The predicted octanol–water partition coefficient (Wildman–Crippen LogP) is 4.05. The van der Waals surface area contributed by atoms with Crippen LogP contribution in [-0.4, -0.2) is 53.5 Å². The summed E-state index contributed by atoms with van der Waals surface area (Å²) < 4.78 is 17.5. The summed E-state index contributed by atoms with van der Waals surface area (Å²) in [5.74, 6) is 1.48. The first-order valence-electron chi connectivity index (χ1n) is 10.00. The van der Waals surface area contributed by atoms with Gasteiger partial charge in [0.1, 0.15) is 11.4 Å². The average molecular weight is 376 g/mol. The van der Waals surface area contributed by atoms with Crippen LogP contribution in [0.4, 0.5) is 4.79 Å². The first kappa shape index (κ1) is 19.9. The lowest BCUT2D eigenvalue weighted by molar-refractivity contribution is -0.127. The third-order valence-corrected chi connectivity index (χ3v) is 5.37. The minimum Gasteiger partial charge on any atom is -0.493 e. The summed E-state index contributed by atoms with van der Waals surface area (Å²) in [7, 11) is 0. The van der Waals surface area contributed by atoms with Crippen molar-refractivity contribution in [2.75, 3.05) is 26.3 Å². The Bertz CT molecular complexity index is 606. The predicted molar refractivity (Wildman–Crippen MR) is 103 cm³/mol. The Morgan fingerprint density at radius 3 is 2.67 bits per heavy atom. The fourth-order valence-electron chi connectivity index (χ4n) is 3.93. The van der Waals surface area contributed by atoms with Crippen molar-refractivity contribution in [3.05, 3.63) is 24.5 Å². The topological polar surface area (TPSA) is 60.9 Å². The zero-order chi connectivity index (χ0) is 19.3. The normalized spacial score (nSPS) is 22.5. The fourth-order valence-corrected chi connectivity index (χ4v) is 3.93. The van der Waals surface area contributed by atoms with Crippen LogP contribution in [0, 0.1) is 5.92 Å². The van der Waals surface area contributed by atoms with Crippen LogP contribution in [0.5, 0.6) is 5.75 Å². The van der Waals surface area contributed by atoms with Crippen molar-refractivity contribution in [1.29, 1.82) is 0 Å². The molecule has 0 saturated carbocycles. The molecule has 6 heteroatoms. The third kappa shape index (κ3) is 5.83. The molecule has 1 aromatic rings. The molecule has 1 spiro atoms. The molecule has 6 nitrogen and oxygen atoms in total. The number of likely N-dealkylation sites (tertiary alicyclic amines) is 1. The highest BCUT2D eigenvalue weighted by Gasteiger charge is 2.41. The van der Waals surface area contributed by atoms with Gasteiger partial charge in [0.25, 0.3) is 0 Å². The van der Waals surface area contributed by atoms with Gasteiger partial charge in [-0.1, -0.05) is 0 Å². The van der Waals surface area contributed by atoms with E-state index in [2.05, 4.69) is 4.98 Å². The minimum absolute atomic E-state index is 0.0852. The molecule has 1 atom stereocenters. The smallest absolute Gasteiger partial charge is 0.410 e. The Balaban J connectivity index is 1.44. The lowest BCUT2D eigenvalue weighted by Gasteiger charge is -2.46. The minimum atomic E-state index is -0.451. The summed E-state index contributed by atoms with van der Waals surface area (Å²) >= 11 is 0. The van der Waals surface area contributed by atoms with Crippen molar-refractivity contribution in [3.8, 4) is 5.75 Å². The molecular weight excluding hydrogens is 344 g/mol. The van der Waals surface area contributed by atoms with E-state index in [-0.39, 0.29) is 11.7 Å². The van der Waals surface area contributed by atoms with Gasteiger partial charge in [0.05, 0.1) is 12.2 Å². The van der Waals surface area contributed by atoms with Crippen molar-refractivity contribution < 1.29 is 19.0 Å². The third-order valence-electron chi connectivity index (χ3n) is 5.37. The lowest BCUT2D eigenvalue weighted by atomic mass is 9.78. The summed E-state index contributed by atoms with van der Waals surface area (Å²) in [6.45, 7) is 8.63. The maximum atomic E-state index is 12.3. The van der Waals surface area contributed by atoms with Crippen LogP contribution in [0.25, 0.3) is 0 Å². The van der Waals surface area contributed by atoms with Crippen LogP contribution in [-0.2, 0) is 9.47 Å². The van der Waals surface area contributed by atoms with Gasteiger partial charge in [-0.2, -0.15) is 0 Å². The Morgan fingerprint density at radius 1 is 1.30 bits per heavy atom. The van der Waals surface area contributed by atoms with E-state index in [1.807, 2.05) is 37.8 Å². The second kappa shape index (κ2) is 8.46. The molecule has 2 saturated heterocycles. The molecule has 1 unspecified atom stereocenters. The number of ether oxygens (including phenoxy) is 3. The summed E-state index contributed by atoms with van der Waals surface area (Å²) in [4.78, 5) is 18.1. The molecule has 1 amide bonds. The van der Waals surface area contributed by atoms with E-state index in [9.17, 15) is 4.79 Å². The zero-order valence-electron chi connectivity index (χ0n) is 16.8. The van der Waals surface area contributed by atoms with E-state index < -0.39 is 5.60 Å². The molecule has 1 aromatic heterocycles. The first-order valence-corrected chi connectivity index (χ1v) is 10.00. The highest BCUT2D eigenvalue weighted by atomic mass is 16.6. The maximum absolute atomic E-state index is 12.3. The molecule has 2 aliphatic heterocycles. The Hall–Kier alpha value is -1.82.